The van der Waals surface area contributed by atoms with Crippen LogP contribution < -0.4 is 29.6 Å². The molecule has 216 valence electrons. The lowest BCUT2D eigenvalue weighted by Gasteiger charge is -2.17. The second-order valence-corrected chi connectivity index (χ2v) is 9.66. The summed E-state index contributed by atoms with van der Waals surface area (Å²) < 4.78 is 47.2. The maximum atomic E-state index is 14.2. The Kier molecular flexibility index (Phi) is 8.46. The van der Waals surface area contributed by atoms with Crippen LogP contribution in [0.25, 0.3) is 33.2 Å². The van der Waals surface area contributed by atoms with E-state index >= 15 is 0 Å². The summed E-state index contributed by atoms with van der Waals surface area (Å²) in [7, 11) is 5.97. The molecule has 0 fully saturated rings. The monoisotopic (exact) mass is 592 g/mol. The van der Waals surface area contributed by atoms with Crippen molar-refractivity contribution < 1.29 is 32.8 Å². The Hall–Kier alpha value is -4.81. The number of nitrogens with two attached hydrogens (primary N) is 1. The quantitative estimate of drug-likeness (QED) is 0.101. The molecule has 3 aromatic carbocycles. The summed E-state index contributed by atoms with van der Waals surface area (Å²) in [6.45, 7) is 0. The van der Waals surface area contributed by atoms with Crippen molar-refractivity contribution in [3.63, 3.8) is 0 Å². The predicted molar refractivity (Wildman–Crippen MR) is 158 cm³/mol. The number of nitrogens with one attached hydrogen (secondary N) is 1. The summed E-state index contributed by atoms with van der Waals surface area (Å²) in [5, 5.41) is 0.808. The first-order chi connectivity index (χ1) is 20.4. The molecular weight excluding hydrogens is 566 g/mol. The predicted octanol–water partition coefficient (Wildman–Crippen LogP) is 6.91. The zero-order valence-electron chi connectivity index (χ0n) is 23.0. The number of halogens is 2. The van der Waals surface area contributed by atoms with E-state index in [1.807, 2.05) is 30.3 Å². The molecule has 5 aromatic rings. The van der Waals surface area contributed by atoms with Crippen molar-refractivity contribution >= 4 is 34.4 Å². The summed E-state index contributed by atoms with van der Waals surface area (Å²) in [4.78, 5) is 19.1. The molecule has 0 aliphatic carbocycles. The molecule has 0 bridgehead atoms. The summed E-state index contributed by atoms with van der Waals surface area (Å²) in [5.74, 6) is 0.511. The topological polar surface area (TPSA) is 110 Å². The van der Waals surface area contributed by atoms with Gasteiger partial charge in [-0.2, -0.15) is 4.89 Å². The Bertz CT molecular complexity index is 1770. The van der Waals surface area contributed by atoms with Crippen LogP contribution in [0.2, 0.25) is 0 Å². The number of pyridine rings is 2. The molecule has 0 spiro atoms. The molecule has 42 heavy (non-hydrogen) atoms. The first-order valence-corrected chi connectivity index (χ1v) is 13.3. The lowest BCUT2D eigenvalue weighted by Crippen LogP contribution is -2.00. The second kappa shape index (κ2) is 12.4. The molecule has 2 heterocycles. The molecule has 2 aromatic heterocycles. The second-order valence-electron chi connectivity index (χ2n) is 8.82. The number of rotatable bonds is 10. The van der Waals surface area contributed by atoms with Crippen LogP contribution in [-0.4, -0.2) is 38.4 Å². The zero-order chi connectivity index (χ0) is 29.8. The normalized spacial score (nSPS) is 10.9. The van der Waals surface area contributed by atoms with Crippen LogP contribution in [0.3, 0.4) is 0 Å². The van der Waals surface area contributed by atoms with Gasteiger partial charge in [-0.25, -0.2) is 18.7 Å². The van der Waals surface area contributed by atoms with Gasteiger partial charge in [-0.15, -0.1) is 0 Å². The Morgan fingerprint density at radius 1 is 0.810 bits per heavy atom. The highest BCUT2D eigenvalue weighted by molar-refractivity contribution is 8.00. The van der Waals surface area contributed by atoms with E-state index in [9.17, 15) is 8.78 Å². The van der Waals surface area contributed by atoms with Crippen LogP contribution in [0.15, 0.2) is 71.8 Å². The third kappa shape index (κ3) is 5.67. The van der Waals surface area contributed by atoms with Gasteiger partial charge in [-0.3, -0.25) is 0 Å². The molecule has 3 N–H and O–H groups in total. The van der Waals surface area contributed by atoms with E-state index < -0.39 is 11.6 Å². The largest absolute Gasteiger partial charge is 0.493 e. The van der Waals surface area contributed by atoms with Gasteiger partial charge in [0, 0.05) is 34.3 Å². The average Bonchev–Trinajstić information content (AvgIpc) is 3.00. The van der Waals surface area contributed by atoms with E-state index in [0.717, 1.165) is 34.5 Å². The van der Waals surface area contributed by atoms with Crippen molar-refractivity contribution in [2.45, 2.75) is 4.90 Å². The number of benzene rings is 3. The molecule has 0 atom stereocenters. The lowest BCUT2D eigenvalue weighted by atomic mass is 9.99. The van der Waals surface area contributed by atoms with Gasteiger partial charge in [-0.05, 0) is 66.0 Å². The molecule has 0 amide bonds. The van der Waals surface area contributed by atoms with Gasteiger partial charge >= 0.3 is 0 Å². The van der Waals surface area contributed by atoms with Gasteiger partial charge in [0.2, 0.25) is 5.75 Å². The Morgan fingerprint density at radius 2 is 1.62 bits per heavy atom. The van der Waals surface area contributed by atoms with Crippen LogP contribution in [0, 0.1) is 11.6 Å². The van der Waals surface area contributed by atoms with Gasteiger partial charge < -0.3 is 29.6 Å². The van der Waals surface area contributed by atoms with Gasteiger partial charge in [0.15, 0.2) is 11.5 Å². The Balaban J connectivity index is 1.54. The molecule has 0 radical (unpaired) electrons. The highest BCUT2D eigenvalue weighted by Gasteiger charge is 2.20. The number of aromatic nitrogens is 2. The van der Waals surface area contributed by atoms with Gasteiger partial charge in [0.25, 0.3) is 5.88 Å². The van der Waals surface area contributed by atoms with Crippen LogP contribution in [0.4, 0.5) is 20.3 Å². The SMILES string of the molecule is COOc1ncc(-c2ccc3nc(N)c(-c4ccc(OC)c(OC)c4OC)cc3c2)cc1NSc1ccc(F)cc1F. The lowest BCUT2D eigenvalue weighted by molar-refractivity contribution is -0.180. The molecule has 0 aliphatic rings. The van der Waals surface area contributed by atoms with E-state index in [0.29, 0.717) is 45.4 Å². The maximum absolute atomic E-state index is 14.2. The number of nitrogen functional groups attached to an aromatic ring is 1. The summed E-state index contributed by atoms with van der Waals surface area (Å²) >= 11 is 0.943. The van der Waals surface area contributed by atoms with E-state index in [2.05, 4.69) is 14.7 Å². The Labute approximate surface area is 244 Å². The highest BCUT2D eigenvalue weighted by Crippen LogP contribution is 2.46. The minimum absolute atomic E-state index is 0.134. The van der Waals surface area contributed by atoms with Crippen molar-refractivity contribution in [1.82, 2.24) is 9.97 Å². The summed E-state index contributed by atoms with van der Waals surface area (Å²) in [6.07, 6.45) is 1.62. The first-order valence-electron chi connectivity index (χ1n) is 12.5. The smallest absolute Gasteiger partial charge is 0.280 e. The van der Waals surface area contributed by atoms with Crippen LogP contribution in [-0.2, 0) is 4.89 Å². The van der Waals surface area contributed by atoms with Crippen LogP contribution in [0.5, 0.6) is 23.1 Å². The number of hydrogen-bond donors (Lipinski definition) is 2. The van der Waals surface area contributed by atoms with Gasteiger partial charge in [0.1, 0.15) is 23.1 Å². The van der Waals surface area contributed by atoms with Crippen LogP contribution in [0.1, 0.15) is 0 Å². The number of nitrogens with zero attached hydrogens (tertiary/aromatic N) is 2. The third-order valence-electron chi connectivity index (χ3n) is 6.35. The Morgan fingerprint density at radius 3 is 2.33 bits per heavy atom. The molecular formula is C30H26F2N4O5S. The zero-order valence-corrected chi connectivity index (χ0v) is 23.8. The highest BCUT2D eigenvalue weighted by atomic mass is 32.2. The van der Waals surface area contributed by atoms with Crippen LogP contribution >= 0.6 is 11.9 Å². The van der Waals surface area contributed by atoms with E-state index in [-0.39, 0.29) is 10.8 Å². The van der Waals surface area contributed by atoms with Crippen molar-refractivity contribution in [2.24, 2.45) is 0 Å². The maximum Gasteiger partial charge on any atom is 0.280 e. The molecule has 12 heteroatoms. The standard InChI is InChI=1S/C30H26F2N4O5S/c1-37-25-9-7-20(27(38-2)28(25)39-3)21-12-17-11-16(5-8-23(17)35-29(21)33)18-13-24(30(34-15-18)41-40-4)36-42-26-10-6-19(31)14-22(26)32/h5-15,36H,1-4H3,(H2,33,35). The number of ether oxygens (including phenoxy) is 3. The number of hydrogen-bond acceptors (Lipinski definition) is 10. The number of methoxy groups -OCH3 is 3. The summed E-state index contributed by atoms with van der Waals surface area (Å²) in [5.41, 5.74) is 10.4. The third-order valence-corrected chi connectivity index (χ3v) is 7.22. The molecule has 9 nitrogen and oxygen atoms in total. The minimum atomic E-state index is -0.700. The van der Waals surface area contributed by atoms with Gasteiger partial charge in [-0.1, -0.05) is 6.07 Å². The summed E-state index contributed by atoms with van der Waals surface area (Å²) in [6, 6.07) is 16.3. The molecule has 0 unspecified atom stereocenters. The van der Waals surface area contributed by atoms with E-state index in [4.69, 9.17) is 29.7 Å². The van der Waals surface area contributed by atoms with Crippen molar-refractivity contribution in [2.75, 3.05) is 38.9 Å². The minimum Gasteiger partial charge on any atom is -0.493 e. The number of fused-ring (bicyclic) bond motifs is 1. The first kappa shape index (κ1) is 28.7. The molecule has 0 saturated carbocycles. The fourth-order valence-corrected chi connectivity index (χ4v) is 5.06. The number of anilines is 2. The van der Waals surface area contributed by atoms with Crippen molar-refractivity contribution in [3.8, 4) is 45.4 Å². The molecule has 0 saturated heterocycles. The van der Waals surface area contributed by atoms with Crippen molar-refractivity contribution in [3.05, 3.63) is 78.5 Å². The fourth-order valence-electron chi connectivity index (χ4n) is 4.40. The van der Waals surface area contributed by atoms with Crippen molar-refractivity contribution in [1.29, 1.82) is 0 Å². The molecule has 0 aliphatic heterocycles. The average molecular weight is 593 g/mol. The van der Waals surface area contributed by atoms with E-state index in [1.54, 1.807) is 32.5 Å². The molecule has 5 rings (SSSR count). The van der Waals surface area contributed by atoms with E-state index in [1.165, 1.54) is 26.4 Å². The fraction of sp³-hybridized carbons (Fsp3) is 0.133. The van der Waals surface area contributed by atoms with Gasteiger partial charge in [0.05, 0.1) is 38.9 Å².